The molecule has 3 aromatic carbocycles. The van der Waals surface area contributed by atoms with Gasteiger partial charge in [-0.2, -0.15) is 0 Å². The average molecular weight is 493 g/mol. The largest absolute Gasteiger partial charge is 0.379 e. The number of aromatic nitrogens is 2. The van der Waals surface area contributed by atoms with E-state index in [0.29, 0.717) is 35.5 Å². The van der Waals surface area contributed by atoms with Crippen LogP contribution in [0.15, 0.2) is 108 Å². The Morgan fingerprint density at radius 3 is 2.24 bits per heavy atom. The van der Waals surface area contributed by atoms with Crippen molar-refractivity contribution < 1.29 is 13.7 Å². The fraction of sp³-hybridized carbons (Fsp3) is 0.100. The van der Waals surface area contributed by atoms with Crippen molar-refractivity contribution in [3.63, 3.8) is 0 Å². The number of nitrogens with zero attached hydrogens (tertiary/aromatic N) is 2. The molecule has 7 heteroatoms. The quantitative estimate of drug-likeness (QED) is 0.239. The minimum Gasteiger partial charge on any atom is -0.379 e. The van der Waals surface area contributed by atoms with E-state index in [0.717, 1.165) is 16.8 Å². The van der Waals surface area contributed by atoms with Gasteiger partial charge in [0.15, 0.2) is 0 Å². The molecule has 1 amide bonds. The third-order valence-corrected chi connectivity index (χ3v) is 5.92. The number of hydrogen-bond acceptors (Lipinski definition) is 5. The monoisotopic (exact) mass is 492 g/mol. The number of anilines is 2. The number of hydrogen-bond donors (Lipinski definition) is 2. The van der Waals surface area contributed by atoms with Crippen molar-refractivity contribution >= 4 is 17.5 Å². The van der Waals surface area contributed by atoms with Crippen LogP contribution in [0, 0.1) is 5.82 Å². The van der Waals surface area contributed by atoms with Gasteiger partial charge in [-0.3, -0.25) is 15.1 Å². The number of amides is 1. The normalized spacial score (nSPS) is 10.7. The molecular weight excluding hydrogens is 467 g/mol. The summed E-state index contributed by atoms with van der Waals surface area (Å²) in [5.41, 5.74) is 5.12. The molecule has 0 aliphatic heterocycles. The summed E-state index contributed by atoms with van der Waals surface area (Å²) in [6.45, 7) is 0.579. The zero-order valence-corrected chi connectivity index (χ0v) is 20.0. The van der Waals surface area contributed by atoms with E-state index in [2.05, 4.69) is 20.8 Å². The number of aryl methyl sites for hydroxylation is 1. The number of carbonyl (C=O) groups excluding carboxylic acids is 1. The Bertz CT molecular complexity index is 1470. The Labute approximate surface area is 214 Å². The fourth-order valence-corrected chi connectivity index (χ4v) is 4.03. The summed E-state index contributed by atoms with van der Waals surface area (Å²) in [5, 5.41) is 10.5. The molecule has 0 unspecified atom stereocenters. The summed E-state index contributed by atoms with van der Waals surface area (Å²) in [6.07, 6.45) is 2.54. The number of carbonyl (C=O) groups is 1. The topological polar surface area (TPSA) is 80.1 Å². The van der Waals surface area contributed by atoms with Gasteiger partial charge < -0.3 is 9.84 Å². The van der Waals surface area contributed by atoms with Gasteiger partial charge >= 0.3 is 0 Å². The summed E-state index contributed by atoms with van der Waals surface area (Å²) in [5.74, 6) is -0.369. The van der Waals surface area contributed by atoms with Crippen molar-refractivity contribution in [2.75, 3.05) is 10.6 Å². The van der Waals surface area contributed by atoms with Gasteiger partial charge in [0.2, 0.25) is 11.8 Å². The molecule has 0 aliphatic carbocycles. The SMILES string of the molecule is O=C(CCc1ccccc1)Nc1onc(-c2ccc(F)cc2)c1-c1ncccc1NCc1ccccc1. The van der Waals surface area contributed by atoms with Crippen LogP contribution in [0.1, 0.15) is 17.5 Å². The lowest BCUT2D eigenvalue weighted by molar-refractivity contribution is -0.116. The van der Waals surface area contributed by atoms with Crippen molar-refractivity contribution in [1.82, 2.24) is 10.1 Å². The smallest absolute Gasteiger partial charge is 0.241 e. The Morgan fingerprint density at radius 2 is 1.51 bits per heavy atom. The molecule has 0 spiro atoms. The number of benzene rings is 3. The van der Waals surface area contributed by atoms with Gasteiger partial charge in [-0.1, -0.05) is 65.8 Å². The molecular formula is C30H25FN4O2. The van der Waals surface area contributed by atoms with E-state index in [9.17, 15) is 9.18 Å². The summed E-state index contributed by atoms with van der Waals surface area (Å²) in [4.78, 5) is 17.5. The van der Waals surface area contributed by atoms with Gasteiger partial charge in [-0.15, -0.1) is 0 Å². The summed E-state index contributed by atoms with van der Waals surface area (Å²) in [6, 6.07) is 29.5. The molecule has 0 saturated carbocycles. The standard InChI is InChI=1S/C30H25FN4O2/c31-24-16-14-23(15-17-24)28-27(29-25(12-7-19-32-29)33-20-22-10-5-2-6-11-22)30(37-35-28)34-26(36)18-13-21-8-3-1-4-9-21/h1-12,14-17,19,33H,13,18,20H2,(H,34,36). The van der Waals surface area contributed by atoms with E-state index < -0.39 is 0 Å². The highest BCUT2D eigenvalue weighted by Gasteiger charge is 2.24. The van der Waals surface area contributed by atoms with Crippen LogP contribution in [0.4, 0.5) is 16.0 Å². The van der Waals surface area contributed by atoms with Gasteiger partial charge in [0, 0.05) is 24.7 Å². The van der Waals surface area contributed by atoms with Gasteiger partial charge in [0.25, 0.3) is 0 Å². The summed E-state index contributed by atoms with van der Waals surface area (Å²) < 4.78 is 19.3. The molecule has 184 valence electrons. The van der Waals surface area contributed by atoms with Crippen molar-refractivity contribution in [3.8, 4) is 22.5 Å². The number of halogens is 1. The number of rotatable bonds is 9. The molecule has 5 rings (SSSR count). The van der Waals surface area contributed by atoms with Crippen molar-refractivity contribution in [3.05, 3.63) is 120 Å². The Morgan fingerprint density at radius 1 is 0.811 bits per heavy atom. The first kappa shape index (κ1) is 23.9. The predicted molar refractivity (Wildman–Crippen MR) is 142 cm³/mol. The van der Waals surface area contributed by atoms with Gasteiger partial charge in [0.05, 0.1) is 11.3 Å². The molecule has 0 saturated heterocycles. The average Bonchev–Trinajstić information content (AvgIpc) is 3.35. The van der Waals surface area contributed by atoms with E-state index in [-0.39, 0.29) is 24.0 Å². The lowest BCUT2D eigenvalue weighted by Gasteiger charge is -2.12. The molecule has 37 heavy (non-hydrogen) atoms. The maximum Gasteiger partial charge on any atom is 0.241 e. The molecule has 2 N–H and O–H groups in total. The van der Waals surface area contributed by atoms with Crippen LogP contribution in [0.5, 0.6) is 0 Å². The van der Waals surface area contributed by atoms with Gasteiger partial charge in [-0.05, 0) is 53.9 Å². The molecule has 6 nitrogen and oxygen atoms in total. The Kier molecular flexibility index (Phi) is 7.31. The van der Waals surface area contributed by atoms with Crippen LogP contribution in [-0.2, 0) is 17.8 Å². The second kappa shape index (κ2) is 11.3. The molecule has 0 radical (unpaired) electrons. The van der Waals surface area contributed by atoms with E-state index >= 15 is 0 Å². The second-order valence-electron chi connectivity index (χ2n) is 8.51. The van der Waals surface area contributed by atoms with Gasteiger partial charge in [0.1, 0.15) is 17.2 Å². The maximum atomic E-state index is 13.6. The molecule has 0 bridgehead atoms. The van der Waals surface area contributed by atoms with E-state index in [1.54, 1.807) is 18.3 Å². The van der Waals surface area contributed by atoms with Crippen LogP contribution in [0.2, 0.25) is 0 Å². The minimum atomic E-state index is -0.355. The van der Waals surface area contributed by atoms with Crippen molar-refractivity contribution in [2.45, 2.75) is 19.4 Å². The van der Waals surface area contributed by atoms with Crippen LogP contribution < -0.4 is 10.6 Å². The highest BCUT2D eigenvalue weighted by atomic mass is 19.1. The Balaban J connectivity index is 1.47. The zero-order valence-electron chi connectivity index (χ0n) is 20.0. The summed E-state index contributed by atoms with van der Waals surface area (Å²) >= 11 is 0. The van der Waals surface area contributed by atoms with Crippen molar-refractivity contribution in [2.24, 2.45) is 0 Å². The fourth-order valence-electron chi connectivity index (χ4n) is 4.03. The van der Waals surface area contributed by atoms with Crippen LogP contribution >= 0.6 is 0 Å². The third kappa shape index (κ3) is 5.90. The lowest BCUT2D eigenvalue weighted by atomic mass is 10.0. The van der Waals surface area contributed by atoms with Gasteiger partial charge in [-0.25, -0.2) is 4.39 Å². The third-order valence-electron chi connectivity index (χ3n) is 5.92. The van der Waals surface area contributed by atoms with Crippen LogP contribution in [0.3, 0.4) is 0 Å². The first-order valence-electron chi connectivity index (χ1n) is 12.0. The highest BCUT2D eigenvalue weighted by molar-refractivity contribution is 5.98. The zero-order chi connectivity index (χ0) is 25.5. The van der Waals surface area contributed by atoms with Crippen LogP contribution in [-0.4, -0.2) is 16.0 Å². The van der Waals surface area contributed by atoms with E-state index in [1.807, 2.05) is 72.8 Å². The van der Waals surface area contributed by atoms with Crippen LogP contribution in [0.25, 0.3) is 22.5 Å². The Hall–Kier alpha value is -4.78. The molecule has 2 aromatic heterocycles. The molecule has 0 atom stereocenters. The summed E-state index contributed by atoms with van der Waals surface area (Å²) in [7, 11) is 0. The first-order chi connectivity index (χ1) is 18.2. The molecule has 2 heterocycles. The van der Waals surface area contributed by atoms with Crippen molar-refractivity contribution in [1.29, 1.82) is 0 Å². The first-order valence-corrected chi connectivity index (χ1v) is 12.0. The van der Waals surface area contributed by atoms with E-state index in [4.69, 9.17) is 4.52 Å². The molecule has 0 aliphatic rings. The second-order valence-corrected chi connectivity index (χ2v) is 8.51. The maximum absolute atomic E-state index is 13.6. The predicted octanol–water partition coefficient (Wildman–Crippen LogP) is 6.73. The molecule has 0 fully saturated rings. The molecule has 5 aromatic rings. The highest BCUT2D eigenvalue weighted by Crippen LogP contribution is 2.40. The lowest BCUT2D eigenvalue weighted by Crippen LogP contribution is -2.13. The number of nitrogens with one attached hydrogen (secondary N) is 2. The minimum absolute atomic E-state index is 0.193. The van der Waals surface area contributed by atoms with E-state index in [1.165, 1.54) is 12.1 Å². The number of pyridine rings is 1.